The maximum absolute atomic E-state index is 10.4. The Morgan fingerprint density at radius 1 is 0.800 bits per heavy atom. The van der Waals surface area contributed by atoms with Crippen molar-refractivity contribution in [3.63, 3.8) is 0 Å². The summed E-state index contributed by atoms with van der Waals surface area (Å²) < 4.78 is 0. The quantitative estimate of drug-likeness (QED) is 0.627. The number of carbonyl (C=O) groups is 1. The molecule has 0 heterocycles. The number of hydrogen-bond donors (Lipinski definition) is 0. The van der Waals surface area contributed by atoms with E-state index in [0.717, 1.165) is 25.0 Å². The van der Waals surface area contributed by atoms with Gasteiger partial charge in [0.25, 0.3) is 0 Å². The normalized spacial score (nSPS) is 21.9. The van der Waals surface area contributed by atoms with E-state index < -0.39 is 0 Å². The van der Waals surface area contributed by atoms with Crippen molar-refractivity contribution in [2.75, 3.05) is 0 Å². The fourth-order valence-corrected chi connectivity index (χ4v) is 2.66. The van der Waals surface area contributed by atoms with Crippen molar-refractivity contribution in [3.8, 4) is 0 Å². The van der Waals surface area contributed by atoms with Gasteiger partial charge in [-0.2, -0.15) is 0 Å². The van der Waals surface area contributed by atoms with Gasteiger partial charge in [-0.05, 0) is 12.3 Å². The van der Waals surface area contributed by atoms with E-state index in [1.165, 1.54) is 64.2 Å². The van der Waals surface area contributed by atoms with Gasteiger partial charge >= 0.3 is 0 Å². The van der Waals surface area contributed by atoms with Crippen molar-refractivity contribution in [2.24, 2.45) is 5.92 Å². The molecule has 0 aromatic carbocycles. The van der Waals surface area contributed by atoms with Crippen LogP contribution in [0.3, 0.4) is 0 Å². The summed E-state index contributed by atoms with van der Waals surface area (Å²) in [6.07, 6.45) is 17.1. The summed E-state index contributed by atoms with van der Waals surface area (Å²) in [7, 11) is 0. The third-order valence-corrected chi connectivity index (χ3v) is 3.67. The van der Waals surface area contributed by atoms with E-state index in [9.17, 15) is 4.79 Å². The minimum absolute atomic E-state index is 0.782. The number of carbonyl (C=O) groups excluding carboxylic acids is 1. The third-order valence-electron chi connectivity index (χ3n) is 3.67. The molecule has 1 nitrogen and oxygen atoms in total. The first-order chi connectivity index (χ1) is 7.43. The molecule has 1 rings (SSSR count). The summed E-state index contributed by atoms with van der Waals surface area (Å²) in [5.41, 5.74) is 0. The van der Waals surface area contributed by atoms with E-state index in [-0.39, 0.29) is 0 Å². The van der Waals surface area contributed by atoms with Gasteiger partial charge in [0.2, 0.25) is 0 Å². The van der Waals surface area contributed by atoms with Crippen LogP contribution in [0.2, 0.25) is 0 Å². The van der Waals surface area contributed by atoms with Gasteiger partial charge in [-0.15, -0.1) is 0 Å². The summed E-state index contributed by atoms with van der Waals surface area (Å²) in [6, 6.07) is 0. The Hall–Kier alpha value is -0.330. The van der Waals surface area contributed by atoms with Crippen molar-refractivity contribution in [2.45, 2.75) is 77.0 Å². The summed E-state index contributed by atoms with van der Waals surface area (Å²) in [5, 5.41) is 0. The van der Waals surface area contributed by atoms with Crippen LogP contribution in [0.1, 0.15) is 77.0 Å². The van der Waals surface area contributed by atoms with Crippen molar-refractivity contribution in [1.29, 1.82) is 0 Å². The Morgan fingerprint density at radius 2 is 1.27 bits per heavy atom. The molecule has 0 unspecified atom stereocenters. The van der Waals surface area contributed by atoms with E-state index in [1.807, 2.05) is 0 Å². The second-order valence-electron chi connectivity index (χ2n) is 5.02. The Balaban J connectivity index is 2.22. The van der Waals surface area contributed by atoms with Gasteiger partial charge in [-0.3, -0.25) is 0 Å². The zero-order chi connectivity index (χ0) is 10.8. The largest absolute Gasteiger partial charge is 0.303 e. The summed E-state index contributed by atoms with van der Waals surface area (Å²) >= 11 is 0. The van der Waals surface area contributed by atoms with Gasteiger partial charge in [0, 0.05) is 6.42 Å². The van der Waals surface area contributed by atoms with Gasteiger partial charge in [0.05, 0.1) is 0 Å². The van der Waals surface area contributed by atoms with Gasteiger partial charge < -0.3 is 4.79 Å². The topological polar surface area (TPSA) is 17.1 Å². The van der Waals surface area contributed by atoms with E-state index in [4.69, 9.17) is 0 Å². The molecule has 0 spiro atoms. The fraction of sp³-hybridized carbons (Fsp3) is 0.929. The van der Waals surface area contributed by atoms with E-state index in [0.29, 0.717) is 0 Å². The molecule has 1 saturated carbocycles. The molecule has 0 atom stereocenters. The van der Waals surface area contributed by atoms with Crippen LogP contribution in [0.5, 0.6) is 0 Å². The SMILES string of the molecule is O=CCCC1CCCCCCCCCC1. The van der Waals surface area contributed by atoms with E-state index in [1.54, 1.807) is 0 Å². The van der Waals surface area contributed by atoms with Gasteiger partial charge in [0.1, 0.15) is 6.29 Å². The highest BCUT2D eigenvalue weighted by molar-refractivity contribution is 5.49. The lowest BCUT2D eigenvalue weighted by atomic mass is 9.91. The number of hydrogen-bond acceptors (Lipinski definition) is 1. The third kappa shape index (κ3) is 6.70. The van der Waals surface area contributed by atoms with E-state index >= 15 is 0 Å². The van der Waals surface area contributed by atoms with Crippen LogP contribution in [0.15, 0.2) is 0 Å². The summed E-state index contributed by atoms with van der Waals surface area (Å²) in [6.45, 7) is 0. The zero-order valence-electron chi connectivity index (χ0n) is 10.0. The van der Waals surface area contributed by atoms with E-state index in [2.05, 4.69) is 0 Å². The average molecular weight is 210 g/mol. The Kier molecular flexibility index (Phi) is 7.59. The maximum Gasteiger partial charge on any atom is 0.120 e. The molecule has 0 amide bonds. The molecular formula is C14H26O. The van der Waals surface area contributed by atoms with Crippen LogP contribution in [-0.2, 0) is 4.79 Å². The molecular weight excluding hydrogens is 184 g/mol. The first-order valence-electron chi connectivity index (χ1n) is 6.87. The van der Waals surface area contributed by atoms with Gasteiger partial charge in [-0.25, -0.2) is 0 Å². The minimum Gasteiger partial charge on any atom is -0.303 e. The maximum atomic E-state index is 10.4. The summed E-state index contributed by atoms with van der Waals surface area (Å²) in [5.74, 6) is 0.841. The van der Waals surface area contributed by atoms with Crippen LogP contribution in [-0.4, -0.2) is 6.29 Å². The molecule has 88 valence electrons. The molecule has 1 fully saturated rings. The molecule has 0 aromatic rings. The standard InChI is InChI=1S/C14H26O/c15-13-9-12-14-10-7-5-3-1-2-4-6-8-11-14/h13-14H,1-12H2. The highest BCUT2D eigenvalue weighted by atomic mass is 16.1. The van der Waals surface area contributed by atoms with Crippen LogP contribution >= 0.6 is 0 Å². The van der Waals surface area contributed by atoms with Crippen molar-refractivity contribution >= 4 is 6.29 Å². The fourth-order valence-electron chi connectivity index (χ4n) is 2.66. The smallest absolute Gasteiger partial charge is 0.120 e. The molecule has 0 N–H and O–H groups in total. The Labute approximate surface area is 94.6 Å². The van der Waals surface area contributed by atoms with Crippen molar-refractivity contribution in [1.82, 2.24) is 0 Å². The molecule has 1 aliphatic carbocycles. The van der Waals surface area contributed by atoms with Crippen LogP contribution in [0.4, 0.5) is 0 Å². The molecule has 1 heteroatoms. The van der Waals surface area contributed by atoms with Crippen LogP contribution in [0.25, 0.3) is 0 Å². The Morgan fingerprint density at radius 3 is 1.73 bits per heavy atom. The first-order valence-corrected chi connectivity index (χ1v) is 6.87. The predicted molar refractivity (Wildman–Crippen MR) is 65.0 cm³/mol. The lowest BCUT2D eigenvalue weighted by molar-refractivity contribution is -0.108. The van der Waals surface area contributed by atoms with Crippen molar-refractivity contribution in [3.05, 3.63) is 0 Å². The molecule has 0 bridgehead atoms. The number of aldehydes is 1. The highest BCUT2D eigenvalue weighted by Crippen LogP contribution is 2.24. The first kappa shape index (κ1) is 12.7. The van der Waals surface area contributed by atoms with Crippen LogP contribution < -0.4 is 0 Å². The molecule has 0 radical (unpaired) electrons. The zero-order valence-corrected chi connectivity index (χ0v) is 10.0. The molecule has 0 aliphatic heterocycles. The minimum atomic E-state index is 0.782. The molecule has 15 heavy (non-hydrogen) atoms. The average Bonchev–Trinajstić information content (AvgIpc) is 2.31. The molecule has 0 aromatic heterocycles. The lowest BCUT2D eigenvalue weighted by Gasteiger charge is -2.14. The lowest BCUT2D eigenvalue weighted by Crippen LogP contribution is -2.01. The van der Waals surface area contributed by atoms with Gasteiger partial charge in [-0.1, -0.05) is 64.2 Å². The molecule has 1 aliphatic rings. The Bertz CT molecular complexity index is 141. The second kappa shape index (κ2) is 8.94. The van der Waals surface area contributed by atoms with Crippen LogP contribution in [0, 0.1) is 5.92 Å². The number of rotatable bonds is 3. The summed E-state index contributed by atoms with van der Waals surface area (Å²) in [4.78, 5) is 10.4. The predicted octanol–water partition coefficient (Wildman–Crippen LogP) is 4.50. The molecule has 0 saturated heterocycles. The van der Waals surface area contributed by atoms with Crippen molar-refractivity contribution < 1.29 is 4.79 Å². The highest BCUT2D eigenvalue weighted by Gasteiger charge is 2.09. The van der Waals surface area contributed by atoms with Gasteiger partial charge in [0.15, 0.2) is 0 Å². The monoisotopic (exact) mass is 210 g/mol. The second-order valence-corrected chi connectivity index (χ2v) is 5.02.